The van der Waals surface area contributed by atoms with Crippen LogP contribution in [0.1, 0.15) is 42.5 Å². The highest BCUT2D eigenvalue weighted by atomic mass is 16.6. The van der Waals surface area contributed by atoms with Gasteiger partial charge in [0.25, 0.3) is 0 Å². The number of carbonyl (C=O) groups is 1. The summed E-state index contributed by atoms with van der Waals surface area (Å²) < 4.78 is 10.8. The van der Waals surface area contributed by atoms with Crippen molar-refractivity contribution in [2.45, 2.75) is 44.8 Å². The highest BCUT2D eigenvalue weighted by Gasteiger charge is 2.17. The number of fused-ring (bicyclic) bond motifs is 1. The number of hydrogen-bond donors (Lipinski definition) is 2. The lowest BCUT2D eigenvalue weighted by molar-refractivity contribution is -0.0853. The fraction of sp³-hybridized carbons (Fsp3) is 0.611. The number of benzene rings is 1. The number of amides is 2. The van der Waals surface area contributed by atoms with Gasteiger partial charge in [0.1, 0.15) is 0 Å². The van der Waals surface area contributed by atoms with Crippen LogP contribution in [-0.4, -0.2) is 38.5 Å². The van der Waals surface area contributed by atoms with Crippen LogP contribution < -0.4 is 10.6 Å². The summed E-state index contributed by atoms with van der Waals surface area (Å²) in [6, 6.07) is 6.42. The minimum absolute atomic E-state index is 0.00856. The van der Waals surface area contributed by atoms with Crippen molar-refractivity contribution in [1.29, 1.82) is 0 Å². The summed E-state index contributed by atoms with van der Waals surface area (Å²) in [6.45, 7) is 4.27. The molecule has 2 aliphatic rings. The fourth-order valence-corrected chi connectivity index (χ4v) is 3.21. The summed E-state index contributed by atoms with van der Waals surface area (Å²) in [6.07, 6.45) is 4.84. The van der Waals surface area contributed by atoms with Gasteiger partial charge in [-0.15, -0.1) is 0 Å². The van der Waals surface area contributed by atoms with Crippen molar-refractivity contribution in [2.75, 3.05) is 26.4 Å². The van der Waals surface area contributed by atoms with Crippen LogP contribution in [0.4, 0.5) is 4.79 Å². The number of nitrogens with one attached hydrogen (secondary N) is 2. The smallest absolute Gasteiger partial charge is 0.315 e. The molecule has 1 aromatic rings. The molecule has 1 fully saturated rings. The molecule has 2 atom stereocenters. The summed E-state index contributed by atoms with van der Waals surface area (Å²) in [5, 5.41) is 5.86. The average Bonchev–Trinajstić information content (AvgIpc) is 2.60. The predicted octanol–water partition coefficient (Wildman–Crippen LogP) is 2.34. The molecule has 1 heterocycles. The summed E-state index contributed by atoms with van der Waals surface area (Å²) in [7, 11) is 0. The van der Waals surface area contributed by atoms with Crippen LogP contribution in [0.25, 0.3) is 0 Å². The Morgan fingerprint density at radius 2 is 2.09 bits per heavy atom. The van der Waals surface area contributed by atoms with Crippen LogP contribution in [0.3, 0.4) is 0 Å². The highest BCUT2D eigenvalue weighted by Crippen LogP contribution is 2.24. The standard InChI is InChI=1S/C18H26N2O3/c1-13(15-7-6-14-4-2-3-5-16(14)10-15)20-18(21)19-11-17-12-22-8-9-23-17/h6-7,10,13,17H,2-5,8-9,11-12H2,1H3,(H2,19,20,21)/t13-,17-/m1/s1. The largest absolute Gasteiger partial charge is 0.376 e. The molecule has 23 heavy (non-hydrogen) atoms. The van der Waals surface area contributed by atoms with E-state index in [0.29, 0.717) is 26.4 Å². The van der Waals surface area contributed by atoms with Gasteiger partial charge in [0.15, 0.2) is 0 Å². The van der Waals surface area contributed by atoms with Gasteiger partial charge in [-0.2, -0.15) is 0 Å². The minimum Gasteiger partial charge on any atom is -0.376 e. The summed E-state index contributed by atoms with van der Waals surface area (Å²) in [5.74, 6) is 0. The van der Waals surface area contributed by atoms with Crippen LogP contribution in [0.15, 0.2) is 18.2 Å². The monoisotopic (exact) mass is 318 g/mol. The number of ether oxygens (including phenoxy) is 2. The fourth-order valence-electron chi connectivity index (χ4n) is 3.21. The lowest BCUT2D eigenvalue weighted by atomic mass is 9.89. The first kappa shape index (κ1) is 16.3. The quantitative estimate of drug-likeness (QED) is 0.896. The molecule has 0 aromatic heterocycles. The van der Waals surface area contributed by atoms with Crippen molar-refractivity contribution in [1.82, 2.24) is 10.6 Å². The third-order valence-corrected chi connectivity index (χ3v) is 4.60. The molecule has 1 aliphatic carbocycles. The van der Waals surface area contributed by atoms with Crippen molar-refractivity contribution >= 4 is 6.03 Å². The zero-order chi connectivity index (χ0) is 16.1. The van der Waals surface area contributed by atoms with Crippen molar-refractivity contribution < 1.29 is 14.3 Å². The zero-order valence-corrected chi connectivity index (χ0v) is 13.8. The van der Waals surface area contributed by atoms with E-state index in [0.717, 1.165) is 12.0 Å². The zero-order valence-electron chi connectivity index (χ0n) is 13.8. The van der Waals surface area contributed by atoms with Crippen LogP contribution in [0.5, 0.6) is 0 Å². The SMILES string of the molecule is C[C@@H](NC(=O)NC[C@@H]1COCCO1)c1ccc2c(c1)CCCC2. The van der Waals surface area contributed by atoms with Gasteiger partial charge < -0.3 is 20.1 Å². The number of hydrogen-bond acceptors (Lipinski definition) is 3. The van der Waals surface area contributed by atoms with Crippen LogP contribution >= 0.6 is 0 Å². The van der Waals surface area contributed by atoms with Gasteiger partial charge in [-0.25, -0.2) is 4.79 Å². The molecular weight excluding hydrogens is 292 g/mol. The highest BCUT2D eigenvalue weighted by molar-refractivity contribution is 5.74. The molecule has 0 spiro atoms. The average molecular weight is 318 g/mol. The van der Waals surface area contributed by atoms with Crippen molar-refractivity contribution in [3.63, 3.8) is 0 Å². The van der Waals surface area contributed by atoms with Crippen molar-refractivity contribution in [3.8, 4) is 0 Å². The second kappa shape index (κ2) is 7.79. The summed E-state index contributed by atoms with van der Waals surface area (Å²) in [4.78, 5) is 12.0. The molecule has 5 heteroatoms. The van der Waals surface area contributed by atoms with E-state index < -0.39 is 0 Å². The Morgan fingerprint density at radius 1 is 1.26 bits per heavy atom. The van der Waals surface area contributed by atoms with Crippen LogP contribution in [0, 0.1) is 0 Å². The van der Waals surface area contributed by atoms with E-state index in [-0.39, 0.29) is 18.2 Å². The molecular formula is C18H26N2O3. The number of rotatable bonds is 4. The summed E-state index contributed by atoms with van der Waals surface area (Å²) >= 11 is 0. The second-order valence-corrected chi connectivity index (χ2v) is 6.38. The van der Waals surface area contributed by atoms with Gasteiger partial charge in [0.05, 0.1) is 32.0 Å². The van der Waals surface area contributed by atoms with E-state index in [1.165, 1.54) is 30.4 Å². The van der Waals surface area contributed by atoms with E-state index in [9.17, 15) is 4.79 Å². The first-order chi connectivity index (χ1) is 11.2. The molecule has 5 nitrogen and oxygen atoms in total. The number of carbonyl (C=O) groups excluding carboxylic acids is 1. The summed E-state index contributed by atoms with van der Waals surface area (Å²) in [5.41, 5.74) is 4.07. The van der Waals surface area contributed by atoms with E-state index >= 15 is 0 Å². The van der Waals surface area contributed by atoms with Gasteiger partial charge in [-0.1, -0.05) is 18.2 Å². The topological polar surface area (TPSA) is 59.6 Å². The van der Waals surface area contributed by atoms with Crippen LogP contribution in [-0.2, 0) is 22.3 Å². The molecule has 0 radical (unpaired) electrons. The van der Waals surface area contributed by atoms with E-state index in [1.54, 1.807) is 0 Å². The van der Waals surface area contributed by atoms with Crippen molar-refractivity contribution in [2.24, 2.45) is 0 Å². The van der Waals surface area contributed by atoms with Gasteiger partial charge in [0, 0.05) is 6.54 Å². The normalized spacial score (nSPS) is 22.0. The molecule has 1 aromatic carbocycles. The van der Waals surface area contributed by atoms with Crippen LogP contribution in [0.2, 0.25) is 0 Å². The first-order valence-corrected chi connectivity index (χ1v) is 8.58. The number of urea groups is 1. The van der Waals surface area contributed by atoms with E-state index in [2.05, 4.69) is 28.8 Å². The third kappa shape index (κ3) is 4.45. The van der Waals surface area contributed by atoms with Gasteiger partial charge in [0.2, 0.25) is 0 Å². The van der Waals surface area contributed by atoms with Gasteiger partial charge in [-0.3, -0.25) is 0 Å². The molecule has 126 valence electrons. The molecule has 0 saturated carbocycles. The molecule has 3 rings (SSSR count). The molecule has 2 amide bonds. The lowest BCUT2D eigenvalue weighted by Gasteiger charge is -2.24. The Balaban J connectivity index is 1.49. The molecule has 1 saturated heterocycles. The molecule has 0 bridgehead atoms. The van der Waals surface area contributed by atoms with Gasteiger partial charge >= 0.3 is 6.03 Å². The third-order valence-electron chi connectivity index (χ3n) is 4.60. The maximum absolute atomic E-state index is 12.0. The maximum atomic E-state index is 12.0. The van der Waals surface area contributed by atoms with Crippen molar-refractivity contribution in [3.05, 3.63) is 34.9 Å². The Bertz CT molecular complexity index is 541. The van der Waals surface area contributed by atoms with E-state index in [4.69, 9.17) is 9.47 Å². The molecule has 2 N–H and O–H groups in total. The molecule has 0 unspecified atom stereocenters. The Kier molecular flexibility index (Phi) is 5.51. The predicted molar refractivity (Wildman–Crippen MR) is 88.6 cm³/mol. The Labute approximate surface area is 137 Å². The minimum atomic E-state index is -0.163. The Hall–Kier alpha value is -1.59. The second-order valence-electron chi connectivity index (χ2n) is 6.38. The lowest BCUT2D eigenvalue weighted by Crippen LogP contribution is -2.44. The number of aryl methyl sites for hydroxylation is 2. The van der Waals surface area contributed by atoms with E-state index in [1.807, 2.05) is 6.92 Å². The molecule has 1 aliphatic heterocycles. The van der Waals surface area contributed by atoms with Gasteiger partial charge in [-0.05, 0) is 49.3 Å². The first-order valence-electron chi connectivity index (χ1n) is 8.58. The Morgan fingerprint density at radius 3 is 2.87 bits per heavy atom. The maximum Gasteiger partial charge on any atom is 0.315 e.